The Labute approximate surface area is 154 Å². The van der Waals surface area contributed by atoms with Crippen molar-refractivity contribution in [1.82, 2.24) is 14.5 Å². The van der Waals surface area contributed by atoms with Crippen LogP contribution in [0.15, 0.2) is 29.1 Å². The van der Waals surface area contributed by atoms with Gasteiger partial charge in [-0.15, -0.1) is 0 Å². The average molecular weight is 351 g/mol. The number of likely N-dealkylation sites (tertiary alicyclic amines) is 1. The minimum Gasteiger partial charge on any atom is -0.306 e. The average Bonchev–Trinajstić information content (AvgIpc) is 3.04. The number of nitrogens with zero attached hydrogens (tertiary/aromatic N) is 2. The molecule has 4 aliphatic rings. The van der Waals surface area contributed by atoms with Crippen LogP contribution in [-0.2, 0) is 0 Å². The first-order chi connectivity index (χ1) is 12.7. The number of piperidine rings is 1. The Kier molecular flexibility index (Phi) is 3.27. The van der Waals surface area contributed by atoms with Gasteiger partial charge in [0.15, 0.2) is 0 Å². The predicted octanol–water partition coefficient (Wildman–Crippen LogP) is 3.79. The first kappa shape index (κ1) is 15.5. The molecule has 3 atom stereocenters. The highest BCUT2D eigenvalue weighted by Crippen LogP contribution is 2.71. The molecule has 3 aliphatic carbocycles. The van der Waals surface area contributed by atoms with Crippen molar-refractivity contribution in [3.05, 3.63) is 34.7 Å². The summed E-state index contributed by atoms with van der Waals surface area (Å²) in [5.41, 5.74) is 2.88. The summed E-state index contributed by atoms with van der Waals surface area (Å²) in [6.07, 6.45) is 9.79. The number of hydrogen-bond donors (Lipinski definition) is 1. The lowest BCUT2D eigenvalue weighted by Gasteiger charge is -2.39. The normalized spacial score (nSPS) is 33.5. The van der Waals surface area contributed by atoms with Crippen LogP contribution >= 0.6 is 0 Å². The minimum atomic E-state index is 0.0645. The number of para-hydroxylation sites is 2. The third-order valence-corrected chi connectivity index (χ3v) is 8.42. The van der Waals surface area contributed by atoms with Gasteiger partial charge in [0.25, 0.3) is 0 Å². The molecule has 1 N–H and O–H groups in total. The molecule has 6 rings (SSSR count). The highest BCUT2D eigenvalue weighted by Gasteiger charge is 2.63. The van der Waals surface area contributed by atoms with Crippen molar-refractivity contribution in [3.8, 4) is 0 Å². The van der Waals surface area contributed by atoms with Gasteiger partial charge in [0.1, 0.15) is 0 Å². The summed E-state index contributed by atoms with van der Waals surface area (Å²) in [7, 11) is 0. The van der Waals surface area contributed by atoms with Gasteiger partial charge in [-0.3, -0.25) is 4.57 Å². The van der Waals surface area contributed by atoms with Gasteiger partial charge in [0, 0.05) is 25.7 Å². The molecule has 0 unspecified atom stereocenters. The zero-order chi connectivity index (χ0) is 17.3. The van der Waals surface area contributed by atoms with Gasteiger partial charge in [-0.05, 0) is 80.2 Å². The van der Waals surface area contributed by atoms with Gasteiger partial charge < -0.3 is 9.88 Å². The van der Waals surface area contributed by atoms with E-state index in [9.17, 15) is 4.79 Å². The molecule has 4 heteroatoms. The number of hydrogen-bond acceptors (Lipinski definition) is 2. The van der Waals surface area contributed by atoms with Crippen molar-refractivity contribution < 1.29 is 0 Å². The Hall–Kier alpha value is -1.55. The standard InChI is InChI=1S/C22H29N3O/c26-21-23-19-3-1-2-4-20(19)25(21)17-7-11-24(12-8-17)14-18-15-5-6-16(13-15)22(18)9-10-22/h1-4,15-18H,5-14H2,(H,23,26)/t15-,16+,18-/m0/s1. The fraction of sp³-hybridized carbons (Fsp3) is 0.682. The monoisotopic (exact) mass is 351 g/mol. The van der Waals surface area contributed by atoms with E-state index in [4.69, 9.17) is 0 Å². The maximum atomic E-state index is 12.5. The Morgan fingerprint density at radius 3 is 2.69 bits per heavy atom. The second-order valence-electron chi connectivity index (χ2n) is 9.46. The molecule has 138 valence electrons. The van der Waals surface area contributed by atoms with Crippen LogP contribution in [0.3, 0.4) is 0 Å². The Bertz CT molecular complexity index is 884. The van der Waals surface area contributed by atoms with E-state index in [0.717, 1.165) is 60.1 Å². The second-order valence-corrected chi connectivity index (χ2v) is 9.46. The lowest BCUT2D eigenvalue weighted by molar-refractivity contribution is 0.101. The molecule has 2 heterocycles. The fourth-order valence-electron chi connectivity index (χ4n) is 7.01. The fourth-order valence-corrected chi connectivity index (χ4v) is 7.01. The van der Waals surface area contributed by atoms with E-state index in [1.807, 2.05) is 22.8 Å². The van der Waals surface area contributed by atoms with Crippen LogP contribution in [0.4, 0.5) is 0 Å². The summed E-state index contributed by atoms with van der Waals surface area (Å²) in [5.74, 6) is 3.07. The number of H-pyrrole nitrogens is 1. The summed E-state index contributed by atoms with van der Waals surface area (Å²) in [4.78, 5) is 18.2. The van der Waals surface area contributed by atoms with Gasteiger partial charge in [0.2, 0.25) is 0 Å². The Balaban J connectivity index is 1.16. The molecular weight excluding hydrogens is 322 g/mol. The quantitative estimate of drug-likeness (QED) is 0.914. The number of fused-ring (bicyclic) bond motifs is 4. The number of nitrogens with one attached hydrogen (secondary N) is 1. The molecule has 0 radical (unpaired) electrons. The molecule has 0 amide bonds. The van der Waals surface area contributed by atoms with Crippen molar-refractivity contribution in [2.75, 3.05) is 19.6 Å². The van der Waals surface area contributed by atoms with Crippen LogP contribution in [0.5, 0.6) is 0 Å². The van der Waals surface area contributed by atoms with Gasteiger partial charge in [-0.25, -0.2) is 4.79 Å². The number of imidazole rings is 1. The van der Waals surface area contributed by atoms with Gasteiger partial charge in [-0.1, -0.05) is 12.1 Å². The Morgan fingerprint density at radius 2 is 1.88 bits per heavy atom. The number of aromatic nitrogens is 2. The lowest BCUT2D eigenvalue weighted by atomic mass is 9.76. The lowest BCUT2D eigenvalue weighted by Crippen LogP contribution is -2.42. The number of rotatable bonds is 3. The van der Waals surface area contributed by atoms with Gasteiger partial charge in [-0.2, -0.15) is 0 Å². The largest absolute Gasteiger partial charge is 0.326 e. The van der Waals surface area contributed by atoms with Crippen LogP contribution in [0.1, 0.15) is 51.0 Å². The van der Waals surface area contributed by atoms with E-state index in [1.165, 1.54) is 38.6 Å². The molecule has 1 aliphatic heterocycles. The molecule has 2 aromatic rings. The first-order valence-corrected chi connectivity index (χ1v) is 10.7. The highest BCUT2D eigenvalue weighted by atomic mass is 16.1. The van der Waals surface area contributed by atoms with Gasteiger partial charge in [0.05, 0.1) is 11.0 Å². The first-order valence-electron chi connectivity index (χ1n) is 10.7. The summed E-state index contributed by atoms with van der Waals surface area (Å²) in [6.45, 7) is 3.64. The van der Waals surface area contributed by atoms with E-state index < -0.39 is 0 Å². The minimum absolute atomic E-state index is 0.0645. The summed E-state index contributed by atoms with van der Waals surface area (Å²) < 4.78 is 2.02. The molecule has 4 nitrogen and oxygen atoms in total. The predicted molar refractivity (Wildman–Crippen MR) is 103 cm³/mol. The maximum absolute atomic E-state index is 12.5. The third kappa shape index (κ3) is 2.14. The molecule has 3 saturated carbocycles. The van der Waals surface area contributed by atoms with E-state index in [2.05, 4.69) is 16.0 Å². The van der Waals surface area contributed by atoms with Crippen LogP contribution in [0.25, 0.3) is 11.0 Å². The zero-order valence-electron chi connectivity index (χ0n) is 15.5. The molecular formula is C22H29N3O. The van der Waals surface area contributed by atoms with E-state index in [0.29, 0.717) is 6.04 Å². The molecule has 1 saturated heterocycles. The zero-order valence-corrected chi connectivity index (χ0v) is 15.5. The Morgan fingerprint density at radius 1 is 1.08 bits per heavy atom. The molecule has 1 aromatic carbocycles. The molecule has 26 heavy (non-hydrogen) atoms. The SMILES string of the molecule is O=c1[nH]c2ccccc2n1C1CCN(C[C@H]2[C@H]3CC[C@H](C3)C23CC3)CC1. The van der Waals surface area contributed by atoms with Crippen molar-refractivity contribution in [1.29, 1.82) is 0 Å². The smallest absolute Gasteiger partial charge is 0.306 e. The van der Waals surface area contributed by atoms with E-state index in [1.54, 1.807) is 0 Å². The summed E-state index contributed by atoms with van der Waals surface area (Å²) in [6, 6.07) is 8.46. The molecule has 1 spiro atoms. The van der Waals surface area contributed by atoms with Crippen molar-refractivity contribution in [3.63, 3.8) is 0 Å². The summed E-state index contributed by atoms with van der Waals surface area (Å²) in [5, 5.41) is 0. The number of benzene rings is 1. The van der Waals surface area contributed by atoms with Crippen LogP contribution < -0.4 is 5.69 Å². The van der Waals surface area contributed by atoms with Crippen LogP contribution in [0, 0.1) is 23.2 Å². The molecule has 4 fully saturated rings. The highest BCUT2D eigenvalue weighted by molar-refractivity contribution is 5.75. The van der Waals surface area contributed by atoms with Crippen molar-refractivity contribution in [2.45, 2.75) is 51.0 Å². The van der Waals surface area contributed by atoms with Crippen molar-refractivity contribution in [2.24, 2.45) is 23.2 Å². The number of aromatic amines is 1. The third-order valence-electron chi connectivity index (χ3n) is 8.42. The van der Waals surface area contributed by atoms with Crippen molar-refractivity contribution >= 4 is 11.0 Å². The van der Waals surface area contributed by atoms with E-state index >= 15 is 0 Å². The van der Waals surface area contributed by atoms with Gasteiger partial charge >= 0.3 is 5.69 Å². The second kappa shape index (κ2) is 5.48. The maximum Gasteiger partial charge on any atom is 0.326 e. The summed E-state index contributed by atoms with van der Waals surface area (Å²) >= 11 is 0. The van der Waals surface area contributed by atoms with Crippen LogP contribution in [-0.4, -0.2) is 34.1 Å². The van der Waals surface area contributed by atoms with E-state index in [-0.39, 0.29) is 5.69 Å². The van der Waals surface area contributed by atoms with Crippen LogP contribution in [0.2, 0.25) is 0 Å². The molecule has 2 bridgehead atoms. The topological polar surface area (TPSA) is 41.0 Å². The molecule has 1 aromatic heterocycles.